The maximum atomic E-state index is 14.0. The first-order chi connectivity index (χ1) is 9.58. The molecule has 0 unspecified atom stereocenters. The Balaban J connectivity index is 2.16. The lowest BCUT2D eigenvalue weighted by Gasteiger charge is -2.36. The van der Waals surface area contributed by atoms with Crippen molar-refractivity contribution in [2.45, 2.75) is 44.7 Å². The van der Waals surface area contributed by atoms with E-state index in [1.165, 1.54) is 0 Å². The van der Waals surface area contributed by atoms with Gasteiger partial charge >= 0.3 is 0 Å². The van der Waals surface area contributed by atoms with E-state index in [-0.39, 0.29) is 5.69 Å². The summed E-state index contributed by atoms with van der Waals surface area (Å²) in [5.74, 6) is -0.499. The molecule has 0 spiro atoms. The van der Waals surface area contributed by atoms with Crippen molar-refractivity contribution in [3.8, 4) is 6.07 Å². The Morgan fingerprint density at radius 3 is 2.60 bits per heavy atom. The number of hydrogen-bond donors (Lipinski definition) is 1. The Morgan fingerprint density at radius 2 is 2.05 bits per heavy atom. The first-order valence-corrected chi connectivity index (χ1v) is 7.03. The van der Waals surface area contributed by atoms with Gasteiger partial charge in [0.1, 0.15) is 6.07 Å². The van der Waals surface area contributed by atoms with Crippen LogP contribution in [0.1, 0.15) is 36.9 Å². The second kappa shape index (κ2) is 6.19. The van der Waals surface area contributed by atoms with Gasteiger partial charge in [0.15, 0.2) is 11.5 Å². The molecule has 20 heavy (non-hydrogen) atoms. The van der Waals surface area contributed by atoms with Gasteiger partial charge in [-0.15, -0.1) is 0 Å². The maximum Gasteiger partial charge on any atom is 0.176 e. The number of rotatable bonds is 3. The number of anilines is 1. The minimum Gasteiger partial charge on any atom is -0.370 e. The van der Waals surface area contributed by atoms with Gasteiger partial charge < -0.3 is 10.2 Å². The van der Waals surface area contributed by atoms with E-state index in [1.807, 2.05) is 14.1 Å². The summed E-state index contributed by atoms with van der Waals surface area (Å²) in [6, 6.07) is 2.79. The molecular formula is C15H21FN4. The molecular weight excluding hydrogens is 255 g/mol. The minimum absolute atomic E-state index is 0.126. The molecule has 1 aliphatic rings. The lowest BCUT2D eigenvalue weighted by Crippen LogP contribution is -2.40. The van der Waals surface area contributed by atoms with E-state index >= 15 is 0 Å². The number of nitrogens with zero attached hydrogens (tertiary/aromatic N) is 3. The Kier molecular flexibility index (Phi) is 4.56. The van der Waals surface area contributed by atoms with E-state index in [0.717, 1.165) is 31.4 Å². The Bertz CT molecular complexity index is 515. The third-order valence-corrected chi connectivity index (χ3v) is 4.38. The lowest BCUT2D eigenvalue weighted by molar-refractivity contribution is 0.351. The van der Waals surface area contributed by atoms with Gasteiger partial charge in [-0.05, 0) is 39.7 Å². The Labute approximate surface area is 119 Å². The molecule has 0 amide bonds. The van der Waals surface area contributed by atoms with Crippen LogP contribution in [0.5, 0.6) is 0 Å². The molecule has 1 fully saturated rings. The van der Waals surface area contributed by atoms with Crippen LogP contribution in [0.15, 0.2) is 6.20 Å². The summed E-state index contributed by atoms with van der Waals surface area (Å²) in [6.45, 7) is 1.71. The van der Waals surface area contributed by atoms with Crippen LogP contribution >= 0.6 is 0 Å². The number of hydrogen-bond acceptors (Lipinski definition) is 4. The van der Waals surface area contributed by atoms with Gasteiger partial charge in [-0.1, -0.05) is 0 Å². The normalized spacial score (nSPS) is 22.4. The molecule has 5 heteroatoms. The third kappa shape index (κ3) is 2.75. The van der Waals surface area contributed by atoms with Crippen LogP contribution in [-0.4, -0.2) is 31.2 Å². The van der Waals surface area contributed by atoms with Crippen LogP contribution in [0, 0.1) is 24.1 Å². The molecule has 0 aromatic carbocycles. The van der Waals surface area contributed by atoms with E-state index in [4.69, 9.17) is 5.26 Å². The predicted molar refractivity (Wildman–Crippen MR) is 77.2 cm³/mol. The second-order valence-electron chi connectivity index (χ2n) is 5.45. The monoisotopic (exact) mass is 276 g/mol. The number of pyridine rings is 1. The van der Waals surface area contributed by atoms with Gasteiger partial charge in [0, 0.05) is 24.7 Å². The molecule has 1 aromatic rings. The van der Waals surface area contributed by atoms with Crippen LogP contribution in [0.2, 0.25) is 0 Å². The molecule has 1 N–H and O–H groups in total. The molecule has 0 saturated heterocycles. The molecule has 0 bridgehead atoms. The van der Waals surface area contributed by atoms with Crippen LogP contribution in [-0.2, 0) is 0 Å². The fraction of sp³-hybridized carbons (Fsp3) is 0.600. The number of halogens is 1. The number of nitrogens with one attached hydrogen (secondary N) is 1. The highest BCUT2D eigenvalue weighted by atomic mass is 19.1. The first kappa shape index (κ1) is 14.7. The highest BCUT2D eigenvalue weighted by Crippen LogP contribution is 2.29. The van der Waals surface area contributed by atoms with E-state index in [1.54, 1.807) is 19.2 Å². The predicted octanol–water partition coefficient (Wildman–Crippen LogP) is 2.37. The SMILES string of the molecule is CNC1CCC(N(C)c2cnc(C#N)c(F)c2C)CC1. The Morgan fingerprint density at radius 1 is 1.40 bits per heavy atom. The summed E-state index contributed by atoms with van der Waals surface area (Å²) >= 11 is 0. The van der Waals surface area contributed by atoms with E-state index in [9.17, 15) is 4.39 Å². The maximum absolute atomic E-state index is 14.0. The molecule has 4 nitrogen and oxygen atoms in total. The van der Waals surface area contributed by atoms with Crippen molar-refractivity contribution in [1.82, 2.24) is 10.3 Å². The van der Waals surface area contributed by atoms with E-state index < -0.39 is 5.82 Å². The zero-order valence-corrected chi connectivity index (χ0v) is 12.3. The van der Waals surface area contributed by atoms with E-state index in [2.05, 4.69) is 15.2 Å². The topological polar surface area (TPSA) is 52.0 Å². The van der Waals surface area contributed by atoms with Gasteiger partial charge in [-0.3, -0.25) is 0 Å². The molecule has 1 aromatic heterocycles. The lowest BCUT2D eigenvalue weighted by atomic mass is 9.90. The summed E-state index contributed by atoms with van der Waals surface area (Å²) in [5.41, 5.74) is 1.17. The quantitative estimate of drug-likeness (QED) is 0.921. The average molecular weight is 276 g/mol. The molecule has 108 valence electrons. The second-order valence-corrected chi connectivity index (χ2v) is 5.45. The summed E-state index contributed by atoms with van der Waals surface area (Å²) in [4.78, 5) is 6.02. The Hall–Kier alpha value is -1.67. The van der Waals surface area contributed by atoms with Gasteiger partial charge in [-0.2, -0.15) is 5.26 Å². The average Bonchev–Trinajstić information content (AvgIpc) is 2.49. The van der Waals surface area contributed by atoms with Crippen molar-refractivity contribution < 1.29 is 4.39 Å². The molecule has 1 aliphatic carbocycles. The molecule has 2 rings (SSSR count). The van der Waals surface area contributed by atoms with E-state index in [0.29, 0.717) is 17.6 Å². The summed E-state index contributed by atoms with van der Waals surface area (Å²) in [5, 5.41) is 12.1. The van der Waals surface area contributed by atoms with Gasteiger partial charge in [0.2, 0.25) is 0 Å². The van der Waals surface area contributed by atoms with Crippen LogP contribution in [0.25, 0.3) is 0 Å². The molecule has 1 heterocycles. The van der Waals surface area contributed by atoms with Crippen molar-refractivity contribution >= 4 is 5.69 Å². The highest BCUT2D eigenvalue weighted by Gasteiger charge is 2.25. The summed E-state index contributed by atoms with van der Waals surface area (Å²) in [6.07, 6.45) is 6.06. The van der Waals surface area contributed by atoms with Crippen LogP contribution in [0.3, 0.4) is 0 Å². The third-order valence-electron chi connectivity index (χ3n) is 4.38. The molecule has 0 radical (unpaired) electrons. The zero-order chi connectivity index (χ0) is 14.7. The fourth-order valence-corrected chi connectivity index (χ4v) is 2.95. The molecule has 0 aliphatic heterocycles. The smallest absolute Gasteiger partial charge is 0.176 e. The minimum atomic E-state index is -0.499. The number of nitriles is 1. The highest BCUT2D eigenvalue weighted by molar-refractivity contribution is 5.54. The molecule has 1 saturated carbocycles. The van der Waals surface area contributed by atoms with Crippen molar-refractivity contribution in [2.75, 3.05) is 19.0 Å². The molecule has 0 atom stereocenters. The van der Waals surface area contributed by atoms with Gasteiger partial charge in [0.25, 0.3) is 0 Å². The summed E-state index contributed by atoms with van der Waals surface area (Å²) in [7, 11) is 3.98. The first-order valence-electron chi connectivity index (χ1n) is 7.03. The van der Waals surface area contributed by atoms with Gasteiger partial charge in [0.05, 0.1) is 11.9 Å². The van der Waals surface area contributed by atoms with Crippen molar-refractivity contribution in [3.05, 3.63) is 23.3 Å². The van der Waals surface area contributed by atoms with Crippen LogP contribution < -0.4 is 10.2 Å². The zero-order valence-electron chi connectivity index (χ0n) is 12.3. The van der Waals surface area contributed by atoms with Crippen molar-refractivity contribution in [3.63, 3.8) is 0 Å². The summed E-state index contributed by atoms with van der Waals surface area (Å²) < 4.78 is 14.0. The van der Waals surface area contributed by atoms with Crippen molar-refractivity contribution in [2.24, 2.45) is 0 Å². The van der Waals surface area contributed by atoms with Crippen molar-refractivity contribution in [1.29, 1.82) is 5.26 Å². The standard InChI is InChI=1S/C15H21FN4/c1-10-14(9-19-13(8-17)15(10)16)20(3)12-6-4-11(18-2)5-7-12/h9,11-12,18H,4-7H2,1-3H3. The fourth-order valence-electron chi connectivity index (χ4n) is 2.95. The van der Waals surface area contributed by atoms with Crippen LogP contribution in [0.4, 0.5) is 10.1 Å². The number of aromatic nitrogens is 1. The largest absolute Gasteiger partial charge is 0.370 e. The van der Waals surface area contributed by atoms with Gasteiger partial charge in [-0.25, -0.2) is 9.37 Å².